The van der Waals surface area contributed by atoms with Crippen molar-refractivity contribution >= 4 is 71.9 Å². The summed E-state index contributed by atoms with van der Waals surface area (Å²) >= 11 is 0. The average molecular weight is 288 g/mol. The average Bonchev–Trinajstić information content (AvgIpc) is 1.25. The topological polar surface area (TPSA) is 132 Å². The second kappa shape index (κ2) is 16.4. The SMILES string of the molecule is O=[N+]([O-])[O-].O=[N+]([O-])[O-].[Ba+2].[MgH2]. The van der Waals surface area contributed by atoms with Gasteiger partial charge in [0.2, 0.25) is 0 Å². The summed E-state index contributed by atoms with van der Waals surface area (Å²) < 4.78 is 0. The van der Waals surface area contributed by atoms with E-state index in [1.54, 1.807) is 0 Å². The van der Waals surface area contributed by atoms with Gasteiger partial charge in [-0.3, -0.25) is 0 Å². The largest absolute Gasteiger partial charge is 2.00 e. The predicted molar refractivity (Wildman–Crippen MR) is 35.0 cm³/mol. The van der Waals surface area contributed by atoms with E-state index in [1.807, 2.05) is 0 Å². The zero-order valence-corrected chi connectivity index (χ0v) is 8.49. The maximum Gasteiger partial charge on any atom is 2.00 e. The molecule has 0 saturated carbocycles. The molecule has 0 aliphatic heterocycles. The summed E-state index contributed by atoms with van der Waals surface area (Å²) in [4.78, 5) is 16.5. The van der Waals surface area contributed by atoms with E-state index in [0.29, 0.717) is 0 Å². The number of hydrogen-bond donors (Lipinski definition) is 0. The van der Waals surface area contributed by atoms with Crippen molar-refractivity contribution in [3.63, 3.8) is 0 Å². The van der Waals surface area contributed by atoms with Gasteiger partial charge >= 0.3 is 71.9 Å². The minimum atomic E-state index is -1.75. The van der Waals surface area contributed by atoms with Gasteiger partial charge < -0.3 is 30.6 Å². The van der Waals surface area contributed by atoms with Gasteiger partial charge in [0.05, 0.1) is 10.2 Å². The zero-order chi connectivity index (χ0) is 7.15. The van der Waals surface area contributed by atoms with Crippen molar-refractivity contribution in [1.82, 2.24) is 0 Å². The van der Waals surface area contributed by atoms with Gasteiger partial charge in [0.15, 0.2) is 0 Å². The number of nitrogens with zero attached hydrogens (tertiary/aromatic N) is 2. The van der Waals surface area contributed by atoms with Crippen molar-refractivity contribution in [3.8, 4) is 0 Å². The fourth-order valence-electron chi connectivity index (χ4n) is 0. The monoisotopic (exact) mass is 288 g/mol. The van der Waals surface area contributed by atoms with Crippen molar-refractivity contribution in [2.24, 2.45) is 0 Å². The molecule has 0 N–H and O–H groups in total. The summed E-state index contributed by atoms with van der Waals surface area (Å²) in [6, 6.07) is 0. The molecular weight excluding hydrogens is 286 g/mol. The van der Waals surface area contributed by atoms with Crippen molar-refractivity contribution in [1.29, 1.82) is 0 Å². The van der Waals surface area contributed by atoms with Gasteiger partial charge in [-0.25, -0.2) is 0 Å². The molecule has 0 aromatic carbocycles. The Bertz CT molecular complexity index is 73.7. The van der Waals surface area contributed by atoms with E-state index in [-0.39, 0.29) is 71.9 Å². The third-order valence-electron chi connectivity index (χ3n) is 0. The van der Waals surface area contributed by atoms with Crippen LogP contribution in [0.25, 0.3) is 0 Å². The molecule has 0 atom stereocenters. The Kier molecular flexibility index (Phi) is 36.7. The molecule has 0 aromatic heterocycles. The normalized spacial score (nSPS) is 4.80. The van der Waals surface area contributed by atoms with Crippen LogP contribution in [0.1, 0.15) is 0 Å². The Balaban J connectivity index is -0.0000000300. The molecule has 10 heavy (non-hydrogen) atoms. The second-order valence-electron chi connectivity index (χ2n) is 0.447. The van der Waals surface area contributed by atoms with E-state index < -0.39 is 10.2 Å². The molecule has 0 heterocycles. The number of rotatable bonds is 0. The molecule has 0 spiro atoms. The van der Waals surface area contributed by atoms with Gasteiger partial charge in [0.25, 0.3) is 0 Å². The molecule has 52 valence electrons. The van der Waals surface area contributed by atoms with Crippen molar-refractivity contribution in [2.75, 3.05) is 0 Å². The zero-order valence-electron chi connectivity index (χ0n) is 4.05. The maximum absolute atomic E-state index is 8.25. The summed E-state index contributed by atoms with van der Waals surface area (Å²) in [5.74, 6) is 0. The van der Waals surface area contributed by atoms with E-state index >= 15 is 0 Å². The van der Waals surface area contributed by atoms with Gasteiger partial charge in [0, 0.05) is 0 Å². The quantitative estimate of drug-likeness (QED) is 0.294. The van der Waals surface area contributed by atoms with Crippen LogP contribution in [0.15, 0.2) is 0 Å². The Morgan fingerprint density at radius 1 is 0.800 bits per heavy atom. The molecule has 0 aromatic rings. The Morgan fingerprint density at radius 2 is 0.800 bits per heavy atom. The van der Waals surface area contributed by atoms with Crippen LogP contribution in [-0.2, 0) is 0 Å². The van der Waals surface area contributed by atoms with Gasteiger partial charge in [-0.05, 0) is 0 Å². The summed E-state index contributed by atoms with van der Waals surface area (Å²) in [7, 11) is 0. The molecule has 0 aliphatic rings. The molecule has 10 heteroatoms. The first-order chi connectivity index (χ1) is 3.46. The van der Waals surface area contributed by atoms with Crippen LogP contribution >= 0.6 is 0 Å². The molecule has 8 nitrogen and oxygen atoms in total. The Labute approximate surface area is 111 Å². The van der Waals surface area contributed by atoms with Gasteiger partial charge in [-0.1, -0.05) is 0 Å². The molecule has 0 rings (SSSR count). The van der Waals surface area contributed by atoms with Crippen molar-refractivity contribution in [3.05, 3.63) is 30.6 Å². The fourth-order valence-corrected chi connectivity index (χ4v) is 0. The van der Waals surface area contributed by atoms with E-state index in [2.05, 4.69) is 0 Å². The maximum atomic E-state index is 8.25. The van der Waals surface area contributed by atoms with Crippen LogP contribution in [0.3, 0.4) is 0 Å². The third kappa shape index (κ3) is 961. The molecule has 0 unspecified atom stereocenters. The number of hydrogen-bond acceptors (Lipinski definition) is 6. The summed E-state index contributed by atoms with van der Waals surface area (Å²) in [6.07, 6.45) is 0. The van der Waals surface area contributed by atoms with Crippen LogP contribution in [0.4, 0.5) is 0 Å². The smallest absolute Gasteiger partial charge is 0.356 e. The molecule has 0 saturated heterocycles. The predicted octanol–water partition coefficient (Wildman–Crippen LogP) is -1.78. The summed E-state index contributed by atoms with van der Waals surface area (Å²) in [5, 5.41) is 29.5. The van der Waals surface area contributed by atoms with Crippen LogP contribution in [0.5, 0.6) is 0 Å². The van der Waals surface area contributed by atoms with Gasteiger partial charge in [-0.15, -0.1) is 0 Å². The van der Waals surface area contributed by atoms with Crippen molar-refractivity contribution < 1.29 is 10.2 Å². The summed E-state index contributed by atoms with van der Waals surface area (Å²) in [6.45, 7) is 0. The Hall–Kier alpha value is 0.738. The standard InChI is InChI=1S/Ba.Mg.2NO3.2H/c;;2*2-1(3)4;;/q+2;;2*-1;;. The first-order valence-corrected chi connectivity index (χ1v) is 1.10. The molecule has 0 radical (unpaired) electrons. The van der Waals surface area contributed by atoms with E-state index in [0.717, 1.165) is 0 Å². The first-order valence-electron chi connectivity index (χ1n) is 1.10. The third-order valence-corrected chi connectivity index (χ3v) is 0. The van der Waals surface area contributed by atoms with Crippen LogP contribution in [0.2, 0.25) is 0 Å². The minimum Gasteiger partial charge on any atom is -0.356 e. The Morgan fingerprint density at radius 3 is 0.800 bits per heavy atom. The van der Waals surface area contributed by atoms with Gasteiger partial charge in [0.1, 0.15) is 0 Å². The van der Waals surface area contributed by atoms with Crippen LogP contribution in [0, 0.1) is 30.6 Å². The van der Waals surface area contributed by atoms with E-state index in [9.17, 15) is 0 Å². The molecule has 0 bridgehead atoms. The molecule has 0 fully saturated rings. The fraction of sp³-hybridized carbons (Fsp3) is 0. The second-order valence-corrected chi connectivity index (χ2v) is 0.447. The van der Waals surface area contributed by atoms with Gasteiger partial charge in [-0.2, -0.15) is 0 Å². The molecule has 0 aliphatic carbocycles. The minimum absolute atomic E-state index is 0. The van der Waals surface area contributed by atoms with Crippen molar-refractivity contribution in [2.45, 2.75) is 0 Å². The van der Waals surface area contributed by atoms with E-state index in [1.165, 1.54) is 0 Å². The van der Waals surface area contributed by atoms with E-state index in [4.69, 9.17) is 30.6 Å². The molecular formula is H2BaMgN2O6. The van der Waals surface area contributed by atoms with Crippen LogP contribution < -0.4 is 0 Å². The first kappa shape index (κ1) is 22.4. The van der Waals surface area contributed by atoms with Crippen LogP contribution in [-0.4, -0.2) is 82.1 Å². The summed E-state index contributed by atoms with van der Waals surface area (Å²) in [5.41, 5.74) is 0. The molecule has 0 amide bonds.